The minimum atomic E-state index is 0.203. The van der Waals surface area contributed by atoms with Crippen molar-refractivity contribution < 1.29 is 9.32 Å². The quantitative estimate of drug-likeness (QED) is 0.709. The van der Waals surface area contributed by atoms with Crippen molar-refractivity contribution in [2.75, 3.05) is 5.75 Å². The lowest BCUT2D eigenvalue weighted by Gasteiger charge is -1.93. The number of aryl methyl sites for hydroxylation is 1. The fraction of sp³-hybridized carbons (Fsp3) is 0.571. The number of rotatable bonds is 4. The lowest BCUT2D eigenvalue weighted by atomic mass is 10.5. The van der Waals surface area contributed by atoms with Gasteiger partial charge in [-0.3, -0.25) is 4.79 Å². The number of thioether (sulfide) groups is 1. The Labute approximate surface area is 74.7 Å². The molecule has 0 N–H and O–H groups in total. The topological polar surface area (TPSA) is 56.0 Å². The second-order valence-electron chi connectivity index (χ2n) is 2.16. The van der Waals surface area contributed by atoms with E-state index in [9.17, 15) is 4.79 Å². The largest absolute Gasteiger partial charge is 0.340 e. The molecule has 0 aliphatic carbocycles. The molecule has 1 aromatic heterocycles. The molecule has 0 spiro atoms. The summed E-state index contributed by atoms with van der Waals surface area (Å²) < 4.78 is 4.76. The summed E-state index contributed by atoms with van der Waals surface area (Å²) >= 11 is 1.31. The molecule has 0 amide bonds. The second kappa shape index (κ2) is 4.92. The molecule has 0 unspecified atom stereocenters. The van der Waals surface area contributed by atoms with Crippen molar-refractivity contribution in [1.82, 2.24) is 10.1 Å². The number of nitrogens with zero attached hydrogens (tertiary/aromatic N) is 2. The Morgan fingerprint density at radius 3 is 3.17 bits per heavy atom. The van der Waals surface area contributed by atoms with Crippen LogP contribution in [0.3, 0.4) is 0 Å². The molecule has 0 fully saturated rings. The Morgan fingerprint density at radius 1 is 1.75 bits per heavy atom. The molecule has 0 aliphatic rings. The van der Waals surface area contributed by atoms with Crippen LogP contribution >= 0.6 is 11.8 Å². The van der Waals surface area contributed by atoms with Crippen LogP contribution in [-0.4, -0.2) is 21.0 Å². The molecule has 4 nitrogen and oxygen atoms in total. The van der Waals surface area contributed by atoms with Crippen LogP contribution in [0.5, 0.6) is 0 Å². The van der Waals surface area contributed by atoms with Gasteiger partial charge in [0.2, 0.25) is 5.89 Å². The van der Waals surface area contributed by atoms with Crippen molar-refractivity contribution in [3.8, 4) is 0 Å². The molecule has 0 saturated carbocycles. The fourth-order valence-electron chi connectivity index (χ4n) is 0.660. The third-order valence-corrected chi connectivity index (χ3v) is 2.29. The van der Waals surface area contributed by atoms with Crippen molar-refractivity contribution in [2.24, 2.45) is 0 Å². The predicted molar refractivity (Wildman–Crippen MR) is 45.8 cm³/mol. The van der Waals surface area contributed by atoms with Gasteiger partial charge in [0.25, 0.3) is 0 Å². The molecule has 0 aliphatic heterocycles. The van der Waals surface area contributed by atoms with Crippen LogP contribution in [0.25, 0.3) is 0 Å². The predicted octanol–water partition coefficient (Wildman–Crippen LogP) is 1.28. The summed E-state index contributed by atoms with van der Waals surface area (Å²) in [4.78, 5) is 14.7. The van der Waals surface area contributed by atoms with Gasteiger partial charge in [0.15, 0.2) is 11.4 Å². The molecule has 0 bridgehead atoms. The lowest BCUT2D eigenvalue weighted by molar-refractivity contribution is -0.110. The third kappa shape index (κ3) is 3.04. The van der Waals surface area contributed by atoms with E-state index in [0.29, 0.717) is 18.7 Å². The summed E-state index contributed by atoms with van der Waals surface area (Å²) in [5, 5.41) is 3.66. The van der Waals surface area contributed by atoms with E-state index in [1.165, 1.54) is 18.1 Å². The number of carbonyl (C=O) groups is 1. The van der Waals surface area contributed by atoms with Gasteiger partial charge >= 0.3 is 0 Å². The summed E-state index contributed by atoms with van der Waals surface area (Å²) in [7, 11) is 0. The standard InChI is InChI=1S/C7H10N2O2S/c1-2-7(10)12-4-3-6-8-5-9-11-6/h5H,2-4H2,1H3. The molecule has 1 rings (SSSR count). The zero-order valence-electron chi connectivity index (χ0n) is 6.82. The average Bonchev–Trinajstić information content (AvgIpc) is 2.57. The molecular weight excluding hydrogens is 176 g/mol. The Morgan fingerprint density at radius 2 is 2.58 bits per heavy atom. The highest BCUT2D eigenvalue weighted by atomic mass is 32.2. The smallest absolute Gasteiger partial charge is 0.227 e. The Bertz CT molecular complexity index is 236. The molecule has 0 radical (unpaired) electrons. The fourth-order valence-corrected chi connectivity index (χ4v) is 1.37. The van der Waals surface area contributed by atoms with Crippen molar-refractivity contribution in [1.29, 1.82) is 0 Å². The van der Waals surface area contributed by atoms with E-state index < -0.39 is 0 Å². The third-order valence-electron chi connectivity index (χ3n) is 1.27. The summed E-state index contributed by atoms with van der Waals surface area (Å²) in [6.07, 6.45) is 2.60. The first-order valence-corrected chi connectivity index (χ1v) is 4.72. The molecule has 66 valence electrons. The van der Waals surface area contributed by atoms with E-state index in [1.54, 1.807) is 0 Å². The Kier molecular flexibility index (Phi) is 3.79. The van der Waals surface area contributed by atoms with Gasteiger partial charge in [-0.2, -0.15) is 4.98 Å². The molecule has 0 saturated heterocycles. The van der Waals surface area contributed by atoms with Gasteiger partial charge in [0.05, 0.1) is 0 Å². The normalized spacial score (nSPS) is 10.1. The SMILES string of the molecule is CCC(=O)SCCc1ncno1. The summed E-state index contributed by atoms with van der Waals surface area (Å²) in [6, 6.07) is 0. The van der Waals surface area contributed by atoms with E-state index in [-0.39, 0.29) is 5.12 Å². The average molecular weight is 186 g/mol. The van der Waals surface area contributed by atoms with Crippen LogP contribution in [0.15, 0.2) is 10.9 Å². The molecule has 5 heteroatoms. The molecule has 12 heavy (non-hydrogen) atoms. The maximum Gasteiger partial charge on any atom is 0.227 e. The van der Waals surface area contributed by atoms with Crippen molar-refractivity contribution >= 4 is 16.9 Å². The zero-order valence-corrected chi connectivity index (χ0v) is 7.63. The van der Waals surface area contributed by atoms with Crippen LogP contribution in [0.2, 0.25) is 0 Å². The number of hydrogen-bond acceptors (Lipinski definition) is 5. The van der Waals surface area contributed by atoms with Gasteiger partial charge < -0.3 is 4.52 Å². The maximum absolute atomic E-state index is 10.8. The van der Waals surface area contributed by atoms with Crippen LogP contribution in [0.1, 0.15) is 19.2 Å². The number of carbonyl (C=O) groups excluding carboxylic acids is 1. The molecule has 1 aromatic rings. The van der Waals surface area contributed by atoms with E-state index in [1.807, 2.05) is 6.92 Å². The van der Waals surface area contributed by atoms with E-state index in [2.05, 4.69) is 10.1 Å². The Hall–Kier alpha value is -0.840. The van der Waals surface area contributed by atoms with Gasteiger partial charge in [-0.15, -0.1) is 0 Å². The number of hydrogen-bond donors (Lipinski definition) is 0. The molecule has 1 heterocycles. The van der Waals surface area contributed by atoms with Gasteiger partial charge in [-0.05, 0) is 0 Å². The monoisotopic (exact) mass is 186 g/mol. The minimum Gasteiger partial charge on any atom is -0.340 e. The maximum atomic E-state index is 10.8. The second-order valence-corrected chi connectivity index (χ2v) is 3.31. The van der Waals surface area contributed by atoms with Crippen LogP contribution < -0.4 is 0 Å². The first-order valence-electron chi connectivity index (χ1n) is 3.74. The van der Waals surface area contributed by atoms with Gasteiger partial charge in [0, 0.05) is 18.6 Å². The molecule has 0 aromatic carbocycles. The first kappa shape index (κ1) is 9.25. The number of aromatic nitrogens is 2. The minimum absolute atomic E-state index is 0.203. The molecule has 0 atom stereocenters. The van der Waals surface area contributed by atoms with Gasteiger partial charge in [-0.1, -0.05) is 23.8 Å². The van der Waals surface area contributed by atoms with Crippen molar-refractivity contribution in [3.63, 3.8) is 0 Å². The van der Waals surface area contributed by atoms with E-state index >= 15 is 0 Å². The summed E-state index contributed by atoms with van der Waals surface area (Å²) in [5.74, 6) is 1.31. The highest BCUT2D eigenvalue weighted by molar-refractivity contribution is 8.13. The lowest BCUT2D eigenvalue weighted by Crippen LogP contribution is -1.94. The van der Waals surface area contributed by atoms with Crippen LogP contribution in [0.4, 0.5) is 0 Å². The van der Waals surface area contributed by atoms with Gasteiger partial charge in [0.1, 0.15) is 0 Å². The summed E-state index contributed by atoms with van der Waals surface area (Å²) in [6.45, 7) is 1.85. The zero-order chi connectivity index (χ0) is 8.81. The van der Waals surface area contributed by atoms with Gasteiger partial charge in [-0.25, -0.2) is 0 Å². The van der Waals surface area contributed by atoms with Crippen molar-refractivity contribution in [3.05, 3.63) is 12.2 Å². The van der Waals surface area contributed by atoms with Crippen molar-refractivity contribution in [2.45, 2.75) is 19.8 Å². The first-order chi connectivity index (χ1) is 5.83. The highest BCUT2D eigenvalue weighted by Gasteiger charge is 2.02. The van der Waals surface area contributed by atoms with Crippen LogP contribution in [0, 0.1) is 0 Å². The van der Waals surface area contributed by atoms with Crippen LogP contribution in [-0.2, 0) is 11.2 Å². The van der Waals surface area contributed by atoms with E-state index in [4.69, 9.17) is 4.52 Å². The Balaban J connectivity index is 2.15. The molecular formula is C7H10N2O2S. The summed E-state index contributed by atoms with van der Waals surface area (Å²) in [5.41, 5.74) is 0. The highest BCUT2D eigenvalue weighted by Crippen LogP contribution is 2.07. The van der Waals surface area contributed by atoms with E-state index in [0.717, 1.165) is 5.75 Å².